The number of hydrazone groups is 1. The van der Waals surface area contributed by atoms with Crippen LogP contribution in [0, 0.1) is 11.3 Å². The molecule has 0 aromatic carbocycles. The van der Waals surface area contributed by atoms with Crippen LogP contribution in [0.4, 0.5) is 13.2 Å². The van der Waals surface area contributed by atoms with Gasteiger partial charge in [-0.1, -0.05) is 0 Å². The fourth-order valence-corrected chi connectivity index (χ4v) is 0.793. The zero-order valence-corrected chi connectivity index (χ0v) is 9.37. The molecule has 0 aliphatic carbocycles. The molecule has 18 heavy (non-hydrogen) atoms. The van der Waals surface area contributed by atoms with Crippen molar-refractivity contribution in [1.29, 1.82) is 5.26 Å². The molecule has 1 amide bonds. The molecule has 0 aromatic rings. The van der Waals surface area contributed by atoms with Gasteiger partial charge in [-0.3, -0.25) is 9.59 Å². The summed E-state index contributed by atoms with van der Waals surface area (Å²) in [5.41, 5.74) is 0.0431. The van der Waals surface area contributed by atoms with Crippen molar-refractivity contribution < 1.29 is 27.5 Å². The predicted octanol–water partition coefficient (Wildman–Crippen LogP) is 0.888. The highest BCUT2D eigenvalue weighted by atomic mass is 19.4. The van der Waals surface area contributed by atoms with Crippen molar-refractivity contribution in [3.8, 4) is 6.07 Å². The SMILES string of the molecule is CCOC(=O)C/C(=N/NC(=O)CC#N)C(F)(F)F. The molecular weight excluding hydrogens is 255 g/mol. The van der Waals surface area contributed by atoms with E-state index >= 15 is 0 Å². The smallest absolute Gasteiger partial charge is 0.431 e. The normalized spacial score (nSPS) is 11.6. The van der Waals surface area contributed by atoms with Gasteiger partial charge in [-0.25, -0.2) is 5.43 Å². The van der Waals surface area contributed by atoms with Gasteiger partial charge in [0.05, 0.1) is 19.1 Å². The summed E-state index contributed by atoms with van der Waals surface area (Å²) < 4.78 is 41.5. The third-order valence-electron chi connectivity index (χ3n) is 1.50. The van der Waals surface area contributed by atoms with E-state index in [2.05, 4.69) is 9.84 Å². The van der Waals surface area contributed by atoms with Crippen LogP contribution in [0.1, 0.15) is 19.8 Å². The second kappa shape index (κ2) is 7.26. The summed E-state index contributed by atoms with van der Waals surface area (Å²) in [6.45, 7) is 1.38. The first-order chi connectivity index (χ1) is 8.31. The van der Waals surface area contributed by atoms with Crippen LogP contribution in [-0.2, 0) is 14.3 Å². The van der Waals surface area contributed by atoms with Gasteiger partial charge in [0.15, 0.2) is 5.71 Å². The van der Waals surface area contributed by atoms with E-state index in [-0.39, 0.29) is 6.61 Å². The Balaban J connectivity index is 4.70. The number of hydrogen-bond acceptors (Lipinski definition) is 5. The number of amides is 1. The first kappa shape index (κ1) is 15.9. The maximum Gasteiger partial charge on any atom is 0.431 e. The lowest BCUT2D eigenvalue weighted by Gasteiger charge is -2.09. The molecule has 0 saturated heterocycles. The van der Waals surface area contributed by atoms with Gasteiger partial charge >= 0.3 is 12.1 Å². The minimum absolute atomic E-state index is 0.0647. The number of nitriles is 1. The van der Waals surface area contributed by atoms with Crippen LogP contribution in [0.2, 0.25) is 0 Å². The van der Waals surface area contributed by atoms with E-state index < -0.39 is 36.6 Å². The molecule has 0 unspecified atom stereocenters. The standard InChI is InChI=1S/C9H10F3N3O3/c1-2-18-8(17)5-6(9(10,11)12)14-15-7(16)3-4-13/h2-3,5H2,1H3,(H,15,16)/b14-6-. The Morgan fingerprint density at radius 1 is 1.44 bits per heavy atom. The van der Waals surface area contributed by atoms with Crippen LogP contribution >= 0.6 is 0 Å². The zero-order chi connectivity index (χ0) is 14.2. The molecule has 0 fully saturated rings. The lowest BCUT2D eigenvalue weighted by atomic mass is 10.2. The summed E-state index contributed by atoms with van der Waals surface area (Å²) in [5.74, 6) is -2.11. The van der Waals surface area contributed by atoms with Crippen molar-refractivity contribution in [2.45, 2.75) is 25.9 Å². The molecule has 0 aromatic heterocycles. The second-order valence-electron chi connectivity index (χ2n) is 2.91. The molecule has 0 bridgehead atoms. The van der Waals surface area contributed by atoms with E-state index in [9.17, 15) is 22.8 Å². The van der Waals surface area contributed by atoms with Crippen LogP contribution in [0.5, 0.6) is 0 Å². The molecular formula is C9H10F3N3O3. The number of rotatable bonds is 5. The summed E-state index contributed by atoms with van der Waals surface area (Å²) in [6, 6.07) is 1.44. The van der Waals surface area contributed by atoms with Crippen LogP contribution in [0.25, 0.3) is 0 Å². The Hall–Kier alpha value is -2.11. The molecule has 0 aliphatic rings. The molecule has 0 heterocycles. The van der Waals surface area contributed by atoms with E-state index in [4.69, 9.17) is 5.26 Å². The lowest BCUT2D eigenvalue weighted by Crippen LogP contribution is -2.30. The van der Waals surface area contributed by atoms with E-state index in [1.54, 1.807) is 0 Å². The Morgan fingerprint density at radius 2 is 2.06 bits per heavy atom. The number of nitrogens with one attached hydrogen (secondary N) is 1. The summed E-state index contributed by atoms with van der Waals surface area (Å²) in [5, 5.41) is 10.9. The topological polar surface area (TPSA) is 91.5 Å². The maximum atomic E-state index is 12.4. The summed E-state index contributed by atoms with van der Waals surface area (Å²) in [7, 11) is 0. The largest absolute Gasteiger partial charge is 0.466 e. The minimum Gasteiger partial charge on any atom is -0.466 e. The quantitative estimate of drug-likeness (QED) is 0.454. The fourth-order valence-electron chi connectivity index (χ4n) is 0.793. The molecule has 0 aliphatic heterocycles. The molecule has 0 spiro atoms. The molecule has 0 atom stereocenters. The minimum atomic E-state index is -4.87. The maximum absolute atomic E-state index is 12.4. The van der Waals surface area contributed by atoms with Crippen LogP contribution < -0.4 is 5.43 Å². The fraction of sp³-hybridized carbons (Fsp3) is 0.556. The predicted molar refractivity (Wildman–Crippen MR) is 53.1 cm³/mol. The average Bonchev–Trinajstić information content (AvgIpc) is 2.23. The van der Waals surface area contributed by atoms with Crippen molar-refractivity contribution in [1.82, 2.24) is 5.43 Å². The molecule has 9 heteroatoms. The number of hydrogen-bond donors (Lipinski definition) is 1. The van der Waals surface area contributed by atoms with E-state index in [1.807, 2.05) is 0 Å². The zero-order valence-electron chi connectivity index (χ0n) is 9.37. The first-order valence-corrected chi connectivity index (χ1v) is 4.76. The monoisotopic (exact) mass is 265 g/mol. The molecule has 100 valence electrons. The van der Waals surface area contributed by atoms with Gasteiger partial charge in [-0.15, -0.1) is 0 Å². The van der Waals surface area contributed by atoms with Gasteiger partial charge in [0.25, 0.3) is 5.91 Å². The molecule has 1 N–H and O–H groups in total. The van der Waals surface area contributed by atoms with Gasteiger partial charge in [-0.2, -0.15) is 23.5 Å². The molecule has 0 saturated carbocycles. The number of alkyl halides is 3. The molecule has 0 radical (unpaired) electrons. The van der Waals surface area contributed by atoms with Crippen molar-refractivity contribution >= 4 is 17.6 Å². The number of nitrogens with zero attached hydrogens (tertiary/aromatic N) is 2. The molecule has 0 rings (SSSR count). The number of halogens is 3. The Morgan fingerprint density at radius 3 is 2.50 bits per heavy atom. The number of carbonyl (C=O) groups excluding carboxylic acids is 2. The average molecular weight is 265 g/mol. The second-order valence-corrected chi connectivity index (χ2v) is 2.91. The van der Waals surface area contributed by atoms with Gasteiger partial charge in [0.2, 0.25) is 0 Å². The van der Waals surface area contributed by atoms with Crippen molar-refractivity contribution in [2.24, 2.45) is 5.10 Å². The first-order valence-electron chi connectivity index (χ1n) is 4.76. The third kappa shape index (κ3) is 6.47. The Kier molecular flexibility index (Phi) is 6.41. The number of carbonyl (C=O) groups is 2. The number of esters is 1. The summed E-state index contributed by atoms with van der Waals surface area (Å²) in [6.07, 6.45) is -6.61. The van der Waals surface area contributed by atoms with Crippen LogP contribution in [0.15, 0.2) is 5.10 Å². The highest BCUT2D eigenvalue weighted by molar-refractivity contribution is 6.02. The van der Waals surface area contributed by atoms with Crippen LogP contribution in [-0.4, -0.2) is 30.4 Å². The van der Waals surface area contributed by atoms with Gasteiger partial charge in [0.1, 0.15) is 6.42 Å². The van der Waals surface area contributed by atoms with Gasteiger partial charge in [0, 0.05) is 0 Å². The van der Waals surface area contributed by atoms with E-state index in [1.165, 1.54) is 18.4 Å². The van der Waals surface area contributed by atoms with Crippen molar-refractivity contribution in [3.63, 3.8) is 0 Å². The third-order valence-corrected chi connectivity index (χ3v) is 1.50. The van der Waals surface area contributed by atoms with Crippen molar-refractivity contribution in [2.75, 3.05) is 6.61 Å². The number of ether oxygens (including phenoxy) is 1. The van der Waals surface area contributed by atoms with E-state index in [0.717, 1.165) is 0 Å². The van der Waals surface area contributed by atoms with Gasteiger partial charge in [-0.05, 0) is 6.92 Å². The Bertz CT molecular complexity index is 385. The highest BCUT2D eigenvalue weighted by Crippen LogP contribution is 2.19. The summed E-state index contributed by atoms with van der Waals surface area (Å²) >= 11 is 0. The summed E-state index contributed by atoms with van der Waals surface area (Å²) in [4.78, 5) is 21.7. The lowest BCUT2D eigenvalue weighted by molar-refractivity contribution is -0.142. The highest BCUT2D eigenvalue weighted by Gasteiger charge is 2.37. The van der Waals surface area contributed by atoms with E-state index in [0.29, 0.717) is 0 Å². The molecule has 6 nitrogen and oxygen atoms in total. The Labute approximate surface area is 100 Å². The van der Waals surface area contributed by atoms with Crippen LogP contribution in [0.3, 0.4) is 0 Å². The van der Waals surface area contributed by atoms with Crippen molar-refractivity contribution in [3.05, 3.63) is 0 Å². The van der Waals surface area contributed by atoms with Gasteiger partial charge < -0.3 is 4.74 Å².